The molecule has 21 heavy (non-hydrogen) atoms. The molecule has 0 aromatic carbocycles. The third-order valence-corrected chi connectivity index (χ3v) is 4.72. The van der Waals surface area contributed by atoms with Gasteiger partial charge in [0.05, 0.1) is 26.3 Å². The van der Waals surface area contributed by atoms with E-state index < -0.39 is 0 Å². The zero-order valence-corrected chi connectivity index (χ0v) is 12.8. The van der Waals surface area contributed by atoms with Crippen molar-refractivity contribution in [1.82, 2.24) is 9.97 Å². The van der Waals surface area contributed by atoms with Crippen LogP contribution in [0.25, 0.3) is 0 Å². The number of carbonyl (C=O) groups is 1. The highest BCUT2D eigenvalue weighted by molar-refractivity contribution is 7.10. The molecule has 2 heterocycles. The Hall–Kier alpha value is -1.95. The fourth-order valence-electron chi connectivity index (χ4n) is 2.69. The Balaban J connectivity index is 1.97. The summed E-state index contributed by atoms with van der Waals surface area (Å²) in [5.41, 5.74) is 1.42. The summed E-state index contributed by atoms with van der Waals surface area (Å²) in [5, 5.41) is 2.05. The standard InChI is InChI=1S/C15H16N2O3S/c1-19-12-8-16-13(15(17-12)20-2)14(18)10-4-3-5-11-9(10)6-7-21-11/h6-8,10H,3-5H2,1-2H3. The molecule has 0 spiro atoms. The van der Waals surface area contributed by atoms with Crippen LogP contribution in [-0.2, 0) is 6.42 Å². The van der Waals surface area contributed by atoms with Gasteiger partial charge in [0.25, 0.3) is 0 Å². The lowest BCUT2D eigenvalue weighted by atomic mass is 9.84. The summed E-state index contributed by atoms with van der Waals surface area (Å²) in [7, 11) is 2.99. The van der Waals surface area contributed by atoms with Crippen LogP contribution in [0.5, 0.6) is 11.8 Å². The van der Waals surface area contributed by atoms with Gasteiger partial charge in [-0.05, 0) is 36.3 Å². The highest BCUT2D eigenvalue weighted by Gasteiger charge is 2.31. The summed E-state index contributed by atoms with van der Waals surface area (Å²) in [4.78, 5) is 22.5. The molecule has 0 aliphatic heterocycles. The van der Waals surface area contributed by atoms with E-state index >= 15 is 0 Å². The number of methoxy groups -OCH3 is 2. The second kappa shape index (κ2) is 5.81. The van der Waals surface area contributed by atoms with E-state index in [0.29, 0.717) is 5.88 Å². The molecule has 0 N–H and O–H groups in total. The molecule has 5 nitrogen and oxygen atoms in total. The molecule has 0 fully saturated rings. The number of ether oxygens (including phenoxy) is 2. The van der Waals surface area contributed by atoms with E-state index in [4.69, 9.17) is 9.47 Å². The average Bonchev–Trinajstić information content (AvgIpc) is 3.02. The zero-order chi connectivity index (χ0) is 14.8. The SMILES string of the molecule is COc1cnc(C(=O)C2CCCc3sccc32)c(OC)n1. The van der Waals surface area contributed by atoms with Crippen molar-refractivity contribution in [2.45, 2.75) is 25.2 Å². The number of fused-ring (bicyclic) bond motifs is 1. The first-order valence-electron chi connectivity index (χ1n) is 6.80. The summed E-state index contributed by atoms with van der Waals surface area (Å²) < 4.78 is 10.2. The predicted molar refractivity (Wildman–Crippen MR) is 79.5 cm³/mol. The molecule has 1 aliphatic carbocycles. The van der Waals surface area contributed by atoms with Crippen molar-refractivity contribution >= 4 is 17.1 Å². The predicted octanol–water partition coefficient (Wildman–Crippen LogP) is 2.86. The van der Waals surface area contributed by atoms with Gasteiger partial charge in [0.1, 0.15) is 0 Å². The quantitative estimate of drug-likeness (QED) is 0.813. The van der Waals surface area contributed by atoms with E-state index in [0.717, 1.165) is 24.8 Å². The van der Waals surface area contributed by atoms with Crippen LogP contribution in [0, 0.1) is 0 Å². The molecule has 0 saturated carbocycles. The molecule has 2 aromatic rings. The van der Waals surface area contributed by atoms with E-state index in [9.17, 15) is 4.79 Å². The molecule has 1 aliphatic rings. The number of aromatic nitrogens is 2. The van der Waals surface area contributed by atoms with Crippen molar-refractivity contribution in [3.8, 4) is 11.8 Å². The van der Waals surface area contributed by atoms with Gasteiger partial charge in [0.15, 0.2) is 11.5 Å². The molecule has 1 unspecified atom stereocenters. The fourth-order valence-corrected chi connectivity index (χ4v) is 3.68. The van der Waals surface area contributed by atoms with E-state index in [2.05, 4.69) is 9.97 Å². The first-order chi connectivity index (χ1) is 10.2. The number of thiophene rings is 1. The Kier molecular flexibility index (Phi) is 3.88. The van der Waals surface area contributed by atoms with Crippen molar-refractivity contribution < 1.29 is 14.3 Å². The molecule has 1 atom stereocenters. The molecular formula is C15H16N2O3S. The number of rotatable bonds is 4. The highest BCUT2D eigenvalue weighted by Crippen LogP contribution is 2.37. The van der Waals surface area contributed by atoms with Gasteiger partial charge in [-0.3, -0.25) is 4.79 Å². The van der Waals surface area contributed by atoms with Crippen LogP contribution < -0.4 is 9.47 Å². The maximum absolute atomic E-state index is 12.8. The smallest absolute Gasteiger partial charge is 0.246 e. The molecule has 0 saturated heterocycles. The van der Waals surface area contributed by atoms with Gasteiger partial charge in [-0.15, -0.1) is 11.3 Å². The number of ketones is 1. The van der Waals surface area contributed by atoms with E-state index in [1.165, 1.54) is 25.3 Å². The van der Waals surface area contributed by atoms with Crippen LogP contribution in [0.4, 0.5) is 0 Å². The van der Waals surface area contributed by atoms with Gasteiger partial charge >= 0.3 is 0 Å². The van der Waals surface area contributed by atoms with Crippen LogP contribution >= 0.6 is 11.3 Å². The second-order valence-electron chi connectivity index (χ2n) is 4.88. The minimum atomic E-state index is -0.142. The largest absolute Gasteiger partial charge is 0.480 e. The normalized spacial score (nSPS) is 17.1. The molecule has 0 radical (unpaired) electrons. The summed E-state index contributed by atoms with van der Waals surface area (Å²) in [6, 6.07) is 2.05. The van der Waals surface area contributed by atoms with Crippen molar-refractivity contribution in [3.63, 3.8) is 0 Å². The third-order valence-electron chi connectivity index (χ3n) is 3.72. The molecule has 0 bridgehead atoms. The lowest BCUT2D eigenvalue weighted by molar-refractivity contribution is 0.0942. The lowest BCUT2D eigenvalue weighted by Crippen LogP contribution is -2.19. The second-order valence-corrected chi connectivity index (χ2v) is 5.88. The maximum Gasteiger partial charge on any atom is 0.246 e. The molecule has 2 aromatic heterocycles. The maximum atomic E-state index is 12.8. The topological polar surface area (TPSA) is 61.3 Å². The van der Waals surface area contributed by atoms with E-state index in [1.807, 2.05) is 11.4 Å². The van der Waals surface area contributed by atoms with Crippen molar-refractivity contribution in [3.05, 3.63) is 33.8 Å². The van der Waals surface area contributed by atoms with Crippen molar-refractivity contribution in [1.29, 1.82) is 0 Å². The van der Waals surface area contributed by atoms with Gasteiger partial charge in [0, 0.05) is 4.88 Å². The van der Waals surface area contributed by atoms with Crippen LogP contribution in [0.2, 0.25) is 0 Å². The number of nitrogens with zero attached hydrogens (tertiary/aromatic N) is 2. The van der Waals surface area contributed by atoms with Gasteiger partial charge in [0.2, 0.25) is 11.8 Å². The van der Waals surface area contributed by atoms with Crippen LogP contribution in [0.3, 0.4) is 0 Å². The number of hydrogen-bond acceptors (Lipinski definition) is 6. The average molecular weight is 304 g/mol. The van der Waals surface area contributed by atoms with Gasteiger partial charge in [-0.25, -0.2) is 4.98 Å². The first-order valence-corrected chi connectivity index (χ1v) is 7.68. The van der Waals surface area contributed by atoms with Crippen LogP contribution in [0.1, 0.15) is 39.7 Å². The molecular weight excluding hydrogens is 288 g/mol. The monoisotopic (exact) mass is 304 g/mol. The Bertz CT molecular complexity index is 669. The fraction of sp³-hybridized carbons (Fsp3) is 0.400. The Labute approximate surface area is 127 Å². The van der Waals surface area contributed by atoms with Crippen molar-refractivity contribution in [2.24, 2.45) is 0 Å². The molecule has 3 rings (SSSR count). The van der Waals surface area contributed by atoms with E-state index in [-0.39, 0.29) is 23.3 Å². The van der Waals surface area contributed by atoms with Crippen LogP contribution in [0.15, 0.2) is 17.6 Å². The number of carbonyl (C=O) groups excluding carboxylic acids is 1. The summed E-state index contributed by atoms with van der Waals surface area (Å²) in [6.45, 7) is 0. The Morgan fingerprint density at radius 3 is 3.00 bits per heavy atom. The lowest BCUT2D eigenvalue weighted by Gasteiger charge is -2.21. The number of Topliss-reactive ketones (excluding diaryl/α,β-unsaturated/α-hetero) is 1. The number of hydrogen-bond donors (Lipinski definition) is 0. The molecule has 110 valence electrons. The third kappa shape index (κ3) is 2.51. The Morgan fingerprint density at radius 1 is 1.38 bits per heavy atom. The van der Waals surface area contributed by atoms with Gasteiger partial charge < -0.3 is 9.47 Å². The number of aryl methyl sites for hydroxylation is 1. The minimum absolute atomic E-state index is 0.0265. The van der Waals surface area contributed by atoms with E-state index in [1.54, 1.807) is 11.3 Å². The summed E-state index contributed by atoms with van der Waals surface area (Å²) in [5.74, 6) is 0.392. The van der Waals surface area contributed by atoms with Crippen LogP contribution in [-0.4, -0.2) is 30.0 Å². The first kappa shape index (κ1) is 14.0. The van der Waals surface area contributed by atoms with Gasteiger partial charge in [-0.1, -0.05) is 0 Å². The summed E-state index contributed by atoms with van der Waals surface area (Å²) in [6.07, 6.45) is 4.38. The van der Waals surface area contributed by atoms with Crippen molar-refractivity contribution in [2.75, 3.05) is 14.2 Å². The molecule has 0 amide bonds. The highest BCUT2D eigenvalue weighted by atomic mass is 32.1. The van der Waals surface area contributed by atoms with Gasteiger partial charge in [-0.2, -0.15) is 4.98 Å². The minimum Gasteiger partial charge on any atom is -0.480 e. The Morgan fingerprint density at radius 2 is 2.24 bits per heavy atom. The molecule has 6 heteroatoms. The zero-order valence-electron chi connectivity index (χ0n) is 12.0. The summed E-state index contributed by atoms with van der Waals surface area (Å²) >= 11 is 1.72.